The van der Waals surface area contributed by atoms with E-state index in [1.807, 2.05) is 23.1 Å². The van der Waals surface area contributed by atoms with Crippen molar-refractivity contribution in [3.05, 3.63) is 29.8 Å². The molecular weight excluding hydrogens is 278 g/mol. The van der Waals surface area contributed by atoms with Gasteiger partial charge in [0.1, 0.15) is 22.8 Å². The average Bonchev–Trinajstić information content (AvgIpc) is 3.02. The zero-order chi connectivity index (χ0) is 14.1. The molecule has 7 nitrogen and oxygen atoms in total. The molecule has 0 saturated carbocycles. The van der Waals surface area contributed by atoms with Gasteiger partial charge in [0.15, 0.2) is 11.5 Å². The molecule has 3 aromatic heterocycles. The Morgan fingerprint density at radius 1 is 1.25 bits per heavy atom. The van der Waals surface area contributed by atoms with E-state index in [1.165, 1.54) is 6.33 Å². The molecule has 3 rings (SSSR count). The lowest BCUT2D eigenvalue weighted by Gasteiger charge is -2.06. The average molecular weight is 292 g/mol. The van der Waals surface area contributed by atoms with Crippen LogP contribution in [-0.4, -0.2) is 29.1 Å². The van der Waals surface area contributed by atoms with Crippen molar-refractivity contribution >= 4 is 28.6 Å². The number of imidazole rings is 2. The van der Waals surface area contributed by atoms with Gasteiger partial charge in [-0.1, -0.05) is 11.6 Å². The van der Waals surface area contributed by atoms with Crippen molar-refractivity contribution in [3.63, 3.8) is 0 Å². The van der Waals surface area contributed by atoms with Crippen LogP contribution < -0.4 is 5.32 Å². The van der Waals surface area contributed by atoms with E-state index < -0.39 is 0 Å². The molecule has 8 heteroatoms. The number of hydrogen-bond donors (Lipinski definition) is 1. The fourth-order valence-electron chi connectivity index (χ4n) is 1.99. The number of aryl methyl sites for hydroxylation is 1. The van der Waals surface area contributed by atoms with Gasteiger partial charge in [-0.05, 0) is 6.92 Å². The third-order valence-electron chi connectivity index (χ3n) is 3.18. The van der Waals surface area contributed by atoms with Gasteiger partial charge in [0.2, 0.25) is 0 Å². The summed E-state index contributed by atoms with van der Waals surface area (Å²) in [4.78, 5) is 17.1. The number of rotatable bonds is 4. The highest BCUT2D eigenvalue weighted by atomic mass is 35.5. The Balaban J connectivity index is 1.88. The van der Waals surface area contributed by atoms with Crippen molar-refractivity contribution in [2.45, 2.75) is 20.0 Å². The lowest BCUT2D eigenvalue weighted by Crippen LogP contribution is -2.08. The standard InChI is InChI=1S/C12H14ClN7/c1-3-20-7-18-10-11(16-6-17-12(10)20)15-5-9-14-4-8(13)19(9)2/h4,6-7H,3,5H2,1-2H3,(H,15,16,17). The summed E-state index contributed by atoms with van der Waals surface area (Å²) >= 11 is 5.96. The maximum atomic E-state index is 5.96. The maximum Gasteiger partial charge on any atom is 0.165 e. The number of aromatic nitrogens is 6. The highest BCUT2D eigenvalue weighted by Crippen LogP contribution is 2.18. The summed E-state index contributed by atoms with van der Waals surface area (Å²) in [5.41, 5.74) is 1.58. The largest absolute Gasteiger partial charge is 0.361 e. The van der Waals surface area contributed by atoms with Crippen LogP contribution in [0.5, 0.6) is 0 Å². The van der Waals surface area contributed by atoms with E-state index in [-0.39, 0.29) is 0 Å². The Bertz CT molecular complexity index is 745. The molecule has 1 N–H and O–H groups in total. The molecule has 0 aliphatic rings. The molecule has 0 fully saturated rings. The van der Waals surface area contributed by atoms with Gasteiger partial charge in [0, 0.05) is 13.6 Å². The molecule has 0 bridgehead atoms. The van der Waals surface area contributed by atoms with Crippen molar-refractivity contribution in [1.82, 2.24) is 29.1 Å². The first-order valence-corrected chi connectivity index (χ1v) is 6.64. The summed E-state index contributed by atoms with van der Waals surface area (Å²) in [5, 5.41) is 3.83. The number of anilines is 1. The Morgan fingerprint density at radius 2 is 2.10 bits per heavy atom. The Labute approximate surface area is 120 Å². The van der Waals surface area contributed by atoms with E-state index in [1.54, 1.807) is 12.5 Å². The van der Waals surface area contributed by atoms with Crippen molar-refractivity contribution in [2.24, 2.45) is 7.05 Å². The zero-order valence-corrected chi connectivity index (χ0v) is 12.0. The molecule has 0 aromatic carbocycles. The Morgan fingerprint density at radius 3 is 2.80 bits per heavy atom. The van der Waals surface area contributed by atoms with E-state index in [0.29, 0.717) is 17.5 Å². The molecule has 3 aromatic rings. The predicted octanol–water partition coefficient (Wildman–Crippen LogP) is 1.85. The second kappa shape index (κ2) is 5.09. The van der Waals surface area contributed by atoms with Gasteiger partial charge in [0.25, 0.3) is 0 Å². The predicted molar refractivity (Wildman–Crippen MR) is 76.5 cm³/mol. The van der Waals surface area contributed by atoms with Crippen LogP contribution in [0, 0.1) is 0 Å². The summed E-state index contributed by atoms with van der Waals surface area (Å²) in [5.74, 6) is 1.53. The molecule has 0 aliphatic heterocycles. The van der Waals surface area contributed by atoms with Gasteiger partial charge in [-0.2, -0.15) is 0 Å². The molecule has 0 aliphatic carbocycles. The minimum atomic E-state index is 0.522. The van der Waals surface area contributed by atoms with Crippen molar-refractivity contribution in [3.8, 4) is 0 Å². The van der Waals surface area contributed by atoms with Crippen LogP contribution in [0.2, 0.25) is 5.15 Å². The quantitative estimate of drug-likeness (QED) is 0.794. The van der Waals surface area contributed by atoms with Crippen LogP contribution in [0.1, 0.15) is 12.7 Å². The molecule has 0 spiro atoms. The van der Waals surface area contributed by atoms with Gasteiger partial charge in [-0.25, -0.2) is 19.9 Å². The fourth-order valence-corrected chi connectivity index (χ4v) is 2.14. The van der Waals surface area contributed by atoms with Crippen LogP contribution >= 0.6 is 11.6 Å². The number of fused-ring (bicyclic) bond motifs is 1. The van der Waals surface area contributed by atoms with E-state index >= 15 is 0 Å². The lowest BCUT2D eigenvalue weighted by molar-refractivity contribution is 0.777. The van der Waals surface area contributed by atoms with Gasteiger partial charge in [0.05, 0.1) is 19.1 Å². The normalized spacial score (nSPS) is 11.2. The van der Waals surface area contributed by atoms with Crippen LogP contribution in [0.3, 0.4) is 0 Å². The second-order valence-corrected chi connectivity index (χ2v) is 4.72. The minimum Gasteiger partial charge on any atom is -0.361 e. The highest BCUT2D eigenvalue weighted by Gasteiger charge is 2.10. The third-order valence-corrected chi connectivity index (χ3v) is 3.53. The summed E-state index contributed by atoms with van der Waals surface area (Å²) in [6.45, 7) is 3.39. The minimum absolute atomic E-state index is 0.522. The first-order valence-electron chi connectivity index (χ1n) is 6.26. The summed E-state index contributed by atoms with van der Waals surface area (Å²) in [6.07, 6.45) is 4.92. The summed E-state index contributed by atoms with van der Waals surface area (Å²) in [6, 6.07) is 0. The van der Waals surface area contributed by atoms with E-state index in [9.17, 15) is 0 Å². The van der Waals surface area contributed by atoms with E-state index in [4.69, 9.17) is 11.6 Å². The van der Waals surface area contributed by atoms with Gasteiger partial charge < -0.3 is 14.5 Å². The van der Waals surface area contributed by atoms with E-state index in [0.717, 1.165) is 23.5 Å². The van der Waals surface area contributed by atoms with Gasteiger partial charge >= 0.3 is 0 Å². The van der Waals surface area contributed by atoms with Crippen LogP contribution in [0.25, 0.3) is 11.2 Å². The Hall–Kier alpha value is -2.15. The molecule has 0 unspecified atom stereocenters. The van der Waals surface area contributed by atoms with E-state index in [2.05, 4.69) is 25.3 Å². The zero-order valence-electron chi connectivity index (χ0n) is 11.2. The molecule has 0 saturated heterocycles. The molecule has 0 atom stereocenters. The smallest absolute Gasteiger partial charge is 0.165 e. The molecule has 20 heavy (non-hydrogen) atoms. The lowest BCUT2D eigenvalue weighted by atomic mass is 10.4. The number of halogens is 1. The first kappa shape index (κ1) is 12.9. The SMILES string of the molecule is CCn1cnc2c(NCc3ncc(Cl)n3C)ncnc21. The molecule has 0 radical (unpaired) electrons. The monoisotopic (exact) mass is 291 g/mol. The van der Waals surface area contributed by atoms with Crippen molar-refractivity contribution < 1.29 is 0 Å². The topological polar surface area (TPSA) is 73.5 Å². The Kier molecular flexibility index (Phi) is 3.27. The number of nitrogens with one attached hydrogen (secondary N) is 1. The van der Waals surface area contributed by atoms with Gasteiger partial charge in [-0.15, -0.1) is 0 Å². The third kappa shape index (κ3) is 2.09. The number of hydrogen-bond acceptors (Lipinski definition) is 5. The van der Waals surface area contributed by atoms with Crippen LogP contribution in [0.15, 0.2) is 18.9 Å². The van der Waals surface area contributed by atoms with Crippen LogP contribution in [0.4, 0.5) is 5.82 Å². The fraction of sp³-hybridized carbons (Fsp3) is 0.333. The number of nitrogens with zero attached hydrogens (tertiary/aromatic N) is 6. The highest BCUT2D eigenvalue weighted by molar-refractivity contribution is 6.29. The summed E-state index contributed by atoms with van der Waals surface area (Å²) in [7, 11) is 1.87. The molecule has 0 amide bonds. The molecule has 104 valence electrons. The molecule has 3 heterocycles. The van der Waals surface area contributed by atoms with Crippen molar-refractivity contribution in [1.29, 1.82) is 0 Å². The first-order chi connectivity index (χ1) is 9.70. The van der Waals surface area contributed by atoms with Crippen molar-refractivity contribution in [2.75, 3.05) is 5.32 Å². The summed E-state index contributed by atoms with van der Waals surface area (Å²) < 4.78 is 3.79. The van der Waals surface area contributed by atoms with Gasteiger partial charge in [-0.3, -0.25) is 0 Å². The van der Waals surface area contributed by atoms with Crippen LogP contribution in [-0.2, 0) is 20.1 Å². The maximum absolute atomic E-state index is 5.96. The molecular formula is C12H14ClN7. The second-order valence-electron chi connectivity index (χ2n) is 4.33.